The van der Waals surface area contributed by atoms with Gasteiger partial charge < -0.3 is 5.32 Å². The van der Waals surface area contributed by atoms with Crippen molar-refractivity contribution in [1.29, 1.82) is 0 Å². The third-order valence-corrected chi connectivity index (χ3v) is 7.36. The highest BCUT2D eigenvalue weighted by Gasteiger charge is 2.19. The summed E-state index contributed by atoms with van der Waals surface area (Å²) < 4.78 is 0.526. The van der Waals surface area contributed by atoms with Crippen molar-refractivity contribution in [2.24, 2.45) is 0 Å². The summed E-state index contributed by atoms with van der Waals surface area (Å²) in [6.07, 6.45) is 0.877. The van der Waals surface area contributed by atoms with Gasteiger partial charge in [-0.2, -0.15) is 0 Å². The van der Waals surface area contributed by atoms with E-state index in [4.69, 9.17) is 0 Å². The lowest BCUT2D eigenvalue weighted by molar-refractivity contribution is 0.0935. The molecule has 4 heteroatoms. The van der Waals surface area contributed by atoms with E-state index in [1.54, 1.807) is 0 Å². The maximum Gasteiger partial charge on any atom is 0.251 e. The molecule has 1 amide bonds. The zero-order valence-electron chi connectivity index (χ0n) is 14.1. The summed E-state index contributed by atoms with van der Waals surface area (Å²) in [5.41, 5.74) is 4.44. The van der Waals surface area contributed by atoms with Crippen LogP contribution >= 0.6 is 23.5 Å². The minimum Gasteiger partial charge on any atom is -0.345 e. The molecule has 1 N–H and O–H groups in total. The highest BCUT2D eigenvalue weighted by molar-refractivity contribution is 8.19. The van der Waals surface area contributed by atoms with Gasteiger partial charge in [0.15, 0.2) is 0 Å². The monoisotopic (exact) mass is 357 g/mol. The fourth-order valence-electron chi connectivity index (χ4n) is 2.80. The number of carbonyl (C=O) groups excluding carboxylic acids is 1. The molecular weight excluding hydrogens is 334 g/mol. The van der Waals surface area contributed by atoms with Crippen LogP contribution in [-0.4, -0.2) is 17.4 Å². The number of rotatable bonds is 5. The molecule has 126 valence electrons. The van der Waals surface area contributed by atoms with E-state index in [1.165, 1.54) is 22.6 Å². The number of hydrogen-bond acceptors (Lipinski definition) is 3. The van der Waals surface area contributed by atoms with E-state index in [0.717, 1.165) is 17.5 Å². The van der Waals surface area contributed by atoms with Crippen LogP contribution in [0.4, 0.5) is 0 Å². The third kappa shape index (κ3) is 4.17. The molecule has 0 bridgehead atoms. The van der Waals surface area contributed by atoms with Crippen molar-refractivity contribution in [2.45, 2.75) is 30.9 Å². The molecule has 2 aromatic rings. The van der Waals surface area contributed by atoms with E-state index in [1.807, 2.05) is 35.7 Å². The predicted octanol–water partition coefficient (Wildman–Crippen LogP) is 5.35. The van der Waals surface area contributed by atoms with Crippen molar-refractivity contribution in [3.05, 3.63) is 70.8 Å². The smallest absolute Gasteiger partial charge is 0.251 e. The van der Waals surface area contributed by atoms with Gasteiger partial charge in [0.05, 0.1) is 10.6 Å². The van der Waals surface area contributed by atoms with Crippen molar-refractivity contribution in [1.82, 2.24) is 5.32 Å². The summed E-state index contributed by atoms with van der Waals surface area (Å²) >= 11 is 3.97. The highest BCUT2D eigenvalue weighted by atomic mass is 32.2. The molecule has 1 saturated heterocycles. The predicted molar refractivity (Wildman–Crippen MR) is 106 cm³/mol. The van der Waals surface area contributed by atoms with Crippen LogP contribution in [0.25, 0.3) is 0 Å². The lowest BCUT2D eigenvalue weighted by Crippen LogP contribution is -2.28. The van der Waals surface area contributed by atoms with Crippen LogP contribution in [0.5, 0.6) is 0 Å². The first-order valence-corrected chi connectivity index (χ1v) is 10.5. The normalized spacial score (nSPS) is 16.1. The minimum atomic E-state index is 0.000651. The summed E-state index contributed by atoms with van der Waals surface area (Å²) in [5.74, 6) is 2.43. The molecule has 1 aliphatic rings. The quantitative estimate of drug-likeness (QED) is 0.781. The number of aryl methyl sites for hydroxylation is 1. The number of amides is 1. The van der Waals surface area contributed by atoms with Crippen LogP contribution in [0, 0.1) is 6.92 Å². The Balaban J connectivity index is 1.67. The van der Waals surface area contributed by atoms with Crippen molar-refractivity contribution < 1.29 is 4.79 Å². The summed E-state index contributed by atoms with van der Waals surface area (Å²) in [6.45, 7) is 4.17. The number of thioether (sulfide) groups is 2. The fourth-order valence-corrected chi connectivity index (χ4v) is 5.66. The van der Waals surface area contributed by atoms with Gasteiger partial charge in [-0.3, -0.25) is 4.79 Å². The van der Waals surface area contributed by atoms with Gasteiger partial charge in [-0.1, -0.05) is 48.9 Å². The summed E-state index contributed by atoms with van der Waals surface area (Å²) in [6, 6.07) is 16.5. The molecule has 2 nitrogen and oxygen atoms in total. The molecular formula is C20H23NOS2. The van der Waals surface area contributed by atoms with E-state index in [0.29, 0.717) is 4.58 Å². The van der Waals surface area contributed by atoms with E-state index in [-0.39, 0.29) is 11.9 Å². The van der Waals surface area contributed by atoms with Gasteiger partial charge in [-0.15, -0.1) is 23.5 Å². The number of benzene rings is 2. The van der Waals surface area contributed by atoms with Gasteiger partial charge in [-0.05, 0) is 36.6 Å². The molecule has 2 aromatic carbocycles. The Morgan fingerprint density at radius 1 is 1.08 bits per heavy atom. The molecule has 3 rings (SSSR count). The maximum absolute atomic E-state index is 12.6. The van der Waals surface area contributed by atoms with Crippen LogP contribution in [0.15, 0.2) is 48.5 Å². The first kappa shape index (κ1) is 17.4. The van der Waals surface area contributed by atoms with E-state index >= 15 is 0 Å². The molecule has 24 heavy (non-hydrogen) atoms. The Morgan fingerprint density at radius 3 is 2.29 bits per heavy atom. The molecule has 0 radical (unpaired) electrons. The lowest BCUT2D eigenvalue weighted by atomic mass is 10.0. The van der Waals surface area contributed by atoms with Gasteiger partial charge in [0, 0.05) is 17.1 Å². The molecule has 1 aliphatic heterocycles. The van der Waals surface area contributed by atoms with E-state index < -0.39 is 0 Å². The Labute approximate surface area is 152 Å². The van der Waals surface area contributed by atoms with Crippen LogP contribution < -0.4 is 5.32 Å². The van der Waals surface area contributed by atoms with Crippen LogP contribution in [-0.2, 0) is 0 Å². The standard InChI is InChI=1S/C20H23NOS2/c1-3-18(15-6-4-14(2)5-7-15)21-19(22)16-8-10-17(11-9-16)20-23-12-13-24-20/h4-11,18,20H,3,12-13H2,1-2H3,(H,21,22)/t18-/m1/s1. The van der Waals surface area contributed by atoms with Crippen molar-refractivity contribution in [3.63, 3.8) is 0 Å². The molecule has 0 unspecified atom stereocenters. The second-order valence-corrected chi connectivity index (χ2v) is 8.76. The maximum atomic E-state index is 12.6. The molecule has 0 spiro atoms. The number of nitrogens with one attached hydrogen (secondary N) is 1. The van der Waals surface area contributed by atoms with Crippen LogP contribution in [0.2, 0.25) is 0 Å². The minimum absolute atomic E-state index is 0.000651. The second-order valence-electron chi connectivity index (χ2n) is 6.04. The molecule has 1 heterocycles. The Bertz CT molecular complexity index is 676. The van der Waals surface area contributed by atoms with E-state index in [9.17, 15) is 4.79 Å². The summed E-state index contributed by atoms with van der Waals surface area (Å²) in [7, 11) is 0. The third-order valence-electron chi connectivity index (χ3n) is 4.26. The highest BCUT2D eigenvalue weighted by Crippen LogP contribution is 2.45. The Hall–Kier alpha value is -1.39. The number of carbonyl (C=O) groups is 1. The first-order valence-electron chi connectivity index (χ1n) is 8.38. The van der Waals surface area contributed by atoms with Gasteiger partial charge in [0.25, 0.3) is 5.91 Å². The molecule has 0 aliphatic carbocycles. The summed E-state index contributed by atoms with van der Waals surface area (Å²) in [4.78, 5) is 12.6. The summed E-state index contributed by atoms with van der Waals surface area (Å²) in [5, 5.41) is 3.16. The van der Waals surface area contributed by atoms with Crippen molar-refractivity contribution in [3.8, 4) is 0 Å². The van der Waals surface area contributed by atoms with Gasteiger partial charge in [-0.25, -0.2) is 0 Å². The lowest BCUT2D eigenvalue weighted by Gasteiger charge is -2.18. The average molecular weight is 358 g/mol. The topological polar surface area (TPSA) is 29.1 Å². The largest absolute Gasteiger partial charge is 0.345 e. The molecule has 1 atom stereocenters. The first-order chi connectivity index (χ1) is 11.7. The SMILES string of the molecule is CC[C@@H](NC(=O)c1ccc(C2SCCS2)cc1)c1ccc(C)cc1. The molecule has 1 fully saturated rings. The van der Waals surface area contributed by atoms with Gasteiger partial charge in [0.2, 0.25) is 0 Å². The Kier molecular flexibility index (Phi) is 5.90. The zero-order chi connectivity index (χ0) is 16.9. The Morgan fingerprint density at radius 2 is 1.71 bits per heavy atom. The average Bonchev–Trinajstić information content (AvgIpc) is 3.15. The zero-order valence-corrected chi connectivity index (χ0v) is 15.8. The van der Waals surface area contributed by atoms with Crippen LogP contribution in [0.1, 0.15) is 51.0 Å². The molecule has 0 saturated carbocycles. The molecule has 0 aromatic heterocycles. The van der Waals surface area contributed by atoms with Crippen molar-refractivity contribution in [2.75, 3.05) is 11.5 Å². The van der Waals surface area contributed by atoms with Gasteiger partial charge in [0.1, 0.15) is 0 Å². The van der Waals surface area contributed by atoms with Gasteiger partial charge >= 0.3 is 0 Å². The van der Waals surface area contributed by atoms with Crippen molar-refractivity contribution >= 4 is 29.4 Å². The van der Waals surface area contributed by atoms with E-state index in [2.05, 4.69) is 55.6 Å². The number of hydrogen-bond donors (Lipinski definition) is 1. The fraction of sp³-hybridized carbons (Fsp3) is 0.350. The van der Waals surface area contributed by atoms with Crippen LogP contribution in [0.3, 0.4) is 0 Å². The second kappa shape index (κ2) is 8.13.